The van der Waals surface area contributed by atoms with Gasteiger partial charge in [0.2, 0.25) is 0 Å². The van der Waals surface area contributed by atoms with Gasteiger partial charge in [-0.25, -0.2) is 4.79 Å². The third-order valence-corrected chi connectivity index (χ3v) is 2.37. The molecular weight excluding hydrogens is 218 g/mol. The molecular formula is C13H21NO3. The molecule has 1 aromatic rings. The highest BCUT2D eigenvalue weighted by Crippen LogP contribution is 2.23. The van der Waals surface area contributed by atoms with Crippen LogP contribution in [0.5, 0.6) is 5.75 Å². The second kappa shape index (κ2) is 8.44. The van der Waals surface area contributed by atoms with Crippen LogP contribution >= 0.6 is 0 Å². The molecule has 17 heavy (non-hydrogen) atoms. The topological polar surface area (TPSA) is 69.6 Å². The van der Waals surface area contributed by atoms with Gasteiger partial charge in [-0.1, -0.05) is 32.4 Å². The van der Waals surface area contributed by atoms with Gasteiger partial charge in [0.1, 0.15) is 5.75 Å². The fourth-order valence-electron chi connectivity index (χ4n) is 1.43. The number of aromatic hydroxyl groups is 1. The van der Waals surface area contributed by atoms with Gasteiger partial charge < -0.3 is 15.5 Å². The van der Waals surface area contributed by atoms with E-state index < -0.39 is 6.09 Å². The molecule has 1 unspecified atom stereocenters. The van der Waals surface area contributed by atoms with Crippen molar-refractivity contribution in [2.24, 2.45) is 0 Å². The van der Waals surface area contributed by atoms with Gasteiger partial charge in [-0.05, 0) is 30.0 Å². The minimum atomic E-state index is -0.995. The zero-order chi connectivity index (χ0) is 13.3. The molecule has 0 aromatic heterocycles. The molecule has 1 amide bonds. The summed E-state index contributed by atoms with van der Waals surface area (Å²) in [6.45, 7) is 4.37. The van der Waals surface area contributed by atoms with Gasteiger partial charge in [0.15, 0.2) is 0 Å². The Labute approximate surface area is 102 Å². The van der Waals surface area contributed by atoms with E-state index in [4.69, 9.17) is 5.11 Å². The van der Waals surface area contributed by atoms with Crippen LogP contribution in [0, 0.1) is 0 Å². The highest BCUT2D eigenvalue weighted by Gasteiger charge is 2.03. The number of hydrogen-bond acceptors (Lipinski definition) is 2. The van der Waals surface area contributed by atoms with Gasteiger partial charge >= 0.3 is 6.09 Å². The first-order chi connectivity index (χ1) is 8.01. The molecule has 1 atom stereocenters. The fraction of sp³-hybridized carbons (Fsp3) is 0.462. The molecule has 0 bridgehead atoms. The summed E-state index contributed by atoms with van der Waals surface area (Å²) in [5.74, 6) is 0.928. The molecule has 0 heterocycles. The monoisotopic (exact) mass is 239 g/mol. The van der Waals surface area contributed by atoms with E-state index in [1.807, 2.05) is 17.4 Å². The average molecular weight is 239 g/mol. The van der Waals surface area contributed by atoms with Crippen LogP contribution in [0.25, 0.3) is 0 Å². The van der Waals surface area contributed by atoms with E-state index in [0.717, 1.165) is 0 Å². The Balaban J connectivity index is 0.000000437. The van der Waals surface area contributed by atoms with E-state index in [1.165, 1.54) is 25.5 Å². The average Bonchev–Trinajstić information content (AvgIpc) is 2.30. The Bertz CT molecular complexity index is 339. The summed E-state index contributed by atoms with van der Waals surface area (Å²) in [5, 5.41) is 18.8. The number of nitrogens with one attached hydrogen (secondary N) is 1. The van der Waals surface area contributed by atoms with Gasteiger partial charge in [-0.2, -0.15) is 0 Å². The fourth-order valence-corrected chi connectivity index (χ4v) is 1.43. The zero-order valence-electron chi connectivity index (χ0n) is 10.6. The van der Waals surface area contributed by atoms with Crippen molar-refractivity contribution in [1.82, 2.24) is 5.32 Å². The third kappa shape index (κ3) is 7.22. The second-order valence-corrected chi connectivity index (χ2v) is 3.84. The molecule has 4 heteroatoms. The summed E-state index contributed by atoms with van der Waals surface area (Å²) in [5.41, 5.74) is 1.23. The van der Waals surface area contributed by atoms with Gasteiger partial charge in [-0.3, -0.25) is 0 Å². The van der Waals surface area contributed by atoms with Crippen molar-refractivity contribution in [3.05, 3.63) is 29.8 Å². The van der Waals surface area contributed by atoms with E-state index in [2.05, 4.69) is 19.9 Å². The van der Waals surface area contributed by atoms with Crippen LogP contribution in [-0.2, 0) is 0 Å². The van der Waals surface area contributed by atoms with Crippen LogP contribution in [0.3, 0.4) is 0 Å². The van der Waals surface area contributed by atoms with Gasteiger partial charge in [0.05, 0.1) is 0 Å². The van der Waals surface area contributed by atoms with E-state index in [0.29, 0.717) is 11.7 Å². The number of hydrogen-bond donors (Lipinski definition) is 3. The molecule has 96 valence electrons. The maximum Gasteiger partial charge on any atom is 0.404 e. The number of amides is 1. The lowest BCUT2D eigenvalue weighted by molar-refractivity contribution is 0.197. The van der Waals surface area contributed by atoms with Crippen LogP contribution < -0.4 is 5.32 Å². The minimum absolute atomic E-state index is 0.371. The summed E-state index contributed by atoms with van der Waals surface area (Å²) in [6, 6.07) is 7.53. The zero-order valence-corrected chi connectivity index (χ0v) is 10.6. The first kappa shape index (κ1) is 15.3. The third-order valence-electron chi connectivity index (χ3n) is 2.37. The maximum atomic E-state index is 9.26. The maximum absolute atomic E-state index is 9.26. The SMILES string of the molecule is CCCC(C)c1cccc(O)c1.CNC(=O)O. The first-order valence-electron chi connectivity index (χ1n) is 5.70. The number of carbonyl (C=O) groups is 1. The largest absolute Gasteiger partial charge is 0.508 e. The minimum Gasteiger partial charge on any atom is -0.508 e. The van der Waals surface area contributed by atoms with E-state index in [1.54, 1.807) is 6.07 Å². The molecule has 0 aliphatic carbocycles. The van der Waals surface area contributed by atoms with E-state index in [9.17, 15) is 9.90 Å². The van der Waals surface area contributed by atoms with Crippen molar-refractivity contribution in [3.63, 3.8) is 0 Å². The molecule has 0 radical (unpaired) electrons. The Hall–Kier alpha value is -1.71. The Morgan fingerprint density at radius 3 is 2.47 bits per heavy atom. The van der Waals surface area contributed by atoms with Crippen molar-refractivity contribution in [1.29, 1.82) is 0 Å². The van der Waals surface area contributed by atoms with E-state index >= 15 is 0 Å². The Morgan fingerprint density at radius 1 is 1.47 bits per heavy atom. The van der Waals surface area contributed by atoms with Gasteiger partial charge in [0.25, 0.3) is 0 Å². The number of rotatable bonds is 3. The van der Waals surface area contributed by atoms with E-state index in [-0.39, 0.29) is 0 Å². The lowest BCUT2D eigenvalue weighted by Gasteiger charge is -2.09. The van der Waals surface area contributed by atoms with Crippen LogP contribution in [-0.4, -0.2) is 23.4 Å². The smallest absolute Gasteiger partial charge is 0.404 e. The molecule has 0 aliphatic heterocycles. The summed E-state index contributed by atoms with van der Waals surface area (Å²) >= 11 is 0. The quantitative estimate of drug-likeness (QED) is 0.758. The number of phenols is 1. The van der Waals surface area contributed by atoms with Crippen LogP contribution in [0.15, 0.2) is 24.3 Å². The lowest BCUT2D eigenvalue weighted by Crippen LogP contribution is -2.13. The van der Waals surface area contributed by atoms with Crippen LogP contribution in [0.2, 0.25) is 0 Å². The molecule has 0 spiro atoms. The van der Waals surface area contributed by atoms with Crippen molar-refractivity contribution < 1.29 is 15.0 Å². The highest BCUT2D eigenvalue weighted by atomic mass is 16.4. The predicted octanol–water partition coefficient (Wildman–Crippen LogP) is 3.18. The molecule has 1 aromatic carbocycles. The molecule has 0 fully saturated rings. The first-order valence-corrected chi connectivity index (χ1v) is 5.70. The van der Waals surface area contributed by atoms with Crippen molar-refractivity contribution >= 4 is 6.09 Å². The number of phenolic OH excluding ortho intramolecular Hbond substituents is 1. The number of carboxylic acid groups (broad SMARTS) is 1. The molecule has 0 saturated carbocycles. The van der Waals surface area contributed by atoms with Crippen molar-refractivity contribution in [3.8, 4) is 5.75 Å². The Kier molecular flexibility index (Phi) is 7.59. The summed E-state index contributed by atoms with van der Waals surface area (Å²) in [6.07, 6.45) is 1.38. The summed E-state index contributed by atoms with van der Waals surface area (Å²) < 4.78 is 0. The van der Waals surface area contributed by atoms with Crippen molar-refractivity contribution in [2.75, 3.05) is 7.05 Å². The molecule has 4 nitrogen and oxygen atoms in total. The Morgan fingerprint density at radius 2 is 2.06 bits per heavy atom. The van der Waals surface area contributed by atoms with Crippen molar-refractivity contribution in [2.45, 2.75) is 32.6 Å². The van der Waals surface area contributed by atoms with Gasteiger partial charge in [-0.15, -0.1) is 0 Å². The highest BCUT2D eigenvalue weighted by molar-refractivity contribution is 5.63. The van der Waals surface area contributed by atoms with Crippen LogP contribution in [0.4, 0.5) is 4.79 Å². The standard InChI is InChI=1S/C11H16O.C2H5NO2/c1-3-5-9(2)10-6-4-7-11(12)8-10;1-3-2(4)5/h4,6-9,12H,3,5H2,1-2H3;3H,1H3,(H,4,5). The lowest BCUT2D eigenvalue weighted by atomic mass is 9.96. The summed E-state index contributed by atoms with van der Waals surface area (Å²) in [4.78, 5) is 9.26. The molecule has 0 saturated heterocycles. The molecule has 1 rings (SSSR count). The summed E-state index contributed by atoms with van der Waals surface area (Å²) in [7, 11) is 1.35. The second-order valence-electron chi connectivity index (χ2n) is 3.84. The normalized spacial score (nSPS) is 11.0. The number of benzene rings is 1. The molecule has 0 aliphatic rings. The van der Waals surface area contributed by atoms with Crippen LogP contribution in [0.1, 0.15) is 38.2 Å². The predicted molar refractivity (Wildman–Crippen MR) is 68.5 cm³/mol. The van der Waals surface area contributed by atoms with Gasteiger partial charge in [0, 0.05) is 7.05 Å². The molecule has 3 N–H and O–H groups in total.